The number of aryl methyl sites for hydroxylation is 1. The van der Waals surface area contributed by atoms with Crippen LogP contribution >= 0.6 is 0 Å². The van der Waals surface area contributed by atoms with Crippen molar-refractivity contribution in [2.75, 3.05) is 19.8 Å². The second kappa shape index (κ2) is 6.30. The molecule has 1 saturated carbocycles. The molecule has 23 heavy (non-hydrogen) atoms. The second-order valence-electron chi connectivity index (χ2n) is 6.19. The zero-order valence-corrected chi connectivity index (χ0v) is 13.5. The summed E-state index contributed by atoms with van der Waals surface area (Å²) in [7, 11) is 1.66. The number of ether oxygens (including phenoxy) is 2. The van der Waals surface area contributed by atoms with E-state index in [9.17, 15) is 4.79 Å². The molecular formula is C16H22N4O3. The Bertz CT molecular complexity index is 628. The summed E-state index contributed by atoms with van der Waals surface area (Å²) in [6.07, 6.45) is 4.21. The van der Waals surface area contributed by atoms with E-state index in [1.54, 1.807) is 7.05 Å². The minimum Gasteiger partial charge on any atom is -0.381 e. The largest absolute Gasteiger partial charge is 0.381 e. The van der Waals surface area contributed by atoms with Crippen LogP contribution in [0.1, 0.15) is 42.2 Å². The average molecular weight is 318 g/mol. The highest BCUT2D eigenvalue weighted by molar-refractivity contribution is 5.96. The van der Waals surface area contributed by atoms with Crippen LogP contribution in [-0.2, 0) is 16.5 Å². The van der Waals surface area contributed by atoms with Crippen LogP contribution in [0.25, 0.3) is 0 Å². The molecule has 1 spiro atoms. The lowest BCUT2D eigenvalue weighted by Gasteiger charge is -2.57. The number of nitrogens with zero attached hydrogens (tertiary/aromatic N) is 3. The Morgan fingerprint density at radius 3 is 3.00 bits per heavy atom. The predicted octanol–water partition coefficient (Wildman–Crippen LogP) is 0.996. The van der Waals surface area contributed by atoms with Crippen molar-refractivity contribution >= 4 is 5.91 Å². The summed E-state index contributed by atoms with van der Waals surface area (Å²) < 4.78 is 12.8. The fourth-order valence-corrected chi connectivity index (χ4v) is 3.78. The molecule has 2 aliphatic rings. The van der Waals surface area contributed by atoms with Crippen LogP contribution in [0.15, 0.2) is 6.20 Å². The molecule has 1 saturated heterocycles. The normalized spacial score (nSPS) is 25.6. The fourth-order valence-electron chi connectivity index (χ4n) is 3.78. The topological polar surface area (TPSA) is 89.2 Å². The smallest absolute Gasteiger partial charge is 0.256 e. The Hall–Kier alpha value is -1.91. The molecule has 1 aromatic rings. The first-order chi connectivity index (χ1) is 11.1. The fraction of sp³-hybridized carbons (Fsp3) is 0.688. The van der Waals surface area contributed by atoms with E-state index in [1.807, 2.05) is 13.0 Å². The third kappa shape index (κ3) is 2.62. The maximum atomic E-state index is 12.5. The third-order valence-corrected chi connectivity index (χ3v) is 5.17. The maximum absolute atomic E-state index is 12.5. The van der Waals surface area contributed by atoms with Crippen LogP contribution in [0.3, 0.4) is 0 Å². The zero-order chi connectivity index (χ0) is 16.4. The predicted molar refractivity (Wildman–Crippen MR) is 81.7 cm³/mol. The van der Waals surface area contributed by atoms with Crippen molar-refractivity contribution in [3.05, 3.63) is 17.5 Å². The molecule has 0 unspecified atom stereocenters. The lowest BCUT2D eigenvalue weighted by atomic mass is 9.57. The number of rotatable bonds is 4. The number of carbonyl (C=O) groups is 1. The van der Waals surface area contributed by atoms with Gasteiger partial charge < -0.3 is 14.8 Å². The molecule has 1 amide bonds. The first-order valence-electron chi connectivity index (χ1n) is 8.04. The lowest BCUT2D eigenvalue weighted by molar-refractivity contribution is -0.170. The van der Waals surface area contributed by atoms with Crippen LogP contribution in [0.4, 0.5) is 0 Å². The van der Waals surface area contributed by atoms with Gasteiger partial charge in [-0.3, -0.25) is 9.48 Å². The molecule has 124 valence electrons. The van der Waals surface area contributed by atoms with Crippen LogP contribution in [0.5, 0.6) is 0 Å². The first-order valence-corrected chi connectivity index (χ1v) is 8.04. The SMILES string of the molecule is CCO[C@@H]1C[C@@H](NC(=O)c2cnn(C)c2C#N)C12CCOCC2. The highest BCUT2D eigenvalue weighted by Gasteiger charge is 2.56. The van der Waals surface area contributed by atoms with Gasteiger partial charge in [-0.25, -0.2) is 0 Å². The maximum Gasteiger partial charge on any atom is 0.256 e. The Morgan fingerprint density at radius 2 is 2.35 bits per heavy atom. The summed E-state index contributed by atoms with van der Waals surface area (Å²) in [5.74, 6) is -0.236. The van der Waals surface area contributed by atoms with Crippen LogP contribution in [-0.4, -0.2) is 47.7 Å². The Kier molecular flexibility index (Phi) is 4.37. The van der Waals surface area contributed by atoms with Crippen LogP contribution in [0, 0.1) is 16.7 Å². The number of hydrogen-bond donors (Lipinski definition) is 1. The monoisotopic (exact) mass is 318 g/mol. The molecular weight excluding hydrogens is 296 g/mol. The van der Waals surface area contributed by atoms with Crippen LogP contribution in [0.2, 0.25) is 0 Å². The quantitative estimate of drug-likeness (QED) is 0.894. The van der Waals surface area contributed by atoms with Gasteiger partial charge in [0.05, 0.1) is 17.9 Å². The van der Waals surface area contributed by atoms with E-state index in [4.69, 9.17) is 14.7 Å². The number of hydrogen-bond acceptors (Lipinski definition) is 5. The molecule has 0 bridgehead atoms. The number of carbonyl (C=O) groups excluding carboxylic acids is 1. The lowest BCUT2D eigenvalue weighted by Crippen LogP contribution is -2.66. The van der Waals surface area contributed by atoms with Crippen molar-refractivity contribution in [1.82, 2.24) is 15.1 Å². The van der Waals surface area contributed by atoms with E-state index >= 15 is 0 Å². The standard InChI is InChI=1S/C16H22N4O3/c1-3-23-14-8-13(16(14)4-6-22-7-5-16)19-15(21)11-10-18-20(2)12(11)9-17/h10,13-14H,3-8H2,1-2H3,(H,19,21)/t13-,14-/m1/s1. The highest BCUT2D eigenvalue weighted by Crippen LogP contribution is 2.50. The van der Waals surface area contributed by atoms with Gasteiger partial charge in [-0.2, -0.15) is 10.4 Å². The number of aromatic nitrogens is 2. The number of amides is 1. The number of nitrogens with one attached hydrogen (secondary N) is 1. The summed E-state index contributed by atoms with van der Waals surface area (Å²) in [5, 5.41) is 16.3. The molecule has 2 atom stereocenters. The molecule has 2 heterocycles. The molecule has 1 aliphatic heterocycles. The third-order valence-electron chi connectivity index (χ3n) is 5.17. The van der Waals surface area contributed by atoms with Crippen molar-refractivity contribution in [3.8, 4) is 6.07 Å². The van der Waals surface area contributed by atoms with Crippen molar-refractivity contribution in [2.45, 2.75) is 38.3 Å². The molecule has 0 radical (unpaired) electrons. The summed E-state index contributed by atoms with van der Waals surface area (Å²) in [5.41, 5.74) is 0.570. The van der Waals surface area contributed by atoms with Gasteiger partial charge in [-0.05, 0) is 26.2 Å². The van der Waals surface area contributed by atoms with Gasteiger partial charge >= 0.3 is 0 Å². The minimum absolute atomic E-state index is 0.0427. The van der Waals surface area contributed by atoms with E-state index in [-0.39, 0.29) is 29.2 Å². The minimum atomic E-state index is -0.236. The van der Waals surface area contributed by atoms with Gasteiger partial charge in [0.2, 0.25) is 0 Å². The van der Waals surface area contributed by atoms with Crippen molar-refractivity contribution in [2.24, 2.45) is 12.5 Å². The van der Waals surface area contributed by atoms with E-state index in [1.165, 1.54) is 10.9 Å². The number of nitriles is 1. The van der Waals surface area contributed by atoms with Crippen LogP contribution < -0.4 is 5.32 Å². The van der Waals surface area contributed by atoms with Crippen molar-refractivity contribution in [1.29, 1.82) is 5.26 Å². The zero-order valence-electron chi connectivity index (χ0n) is 13.5. The van der Waals surface area contributed by atoms with Gasteiger partial charge in [0.1, 0.15) is 6.07 Å². The Morgan fingerprint density at radius 1 is 1.61 bits per heavy atom. The van der Waals surface area contributed by atoms with E-state index < -0.39 is 0 Å². The molecule has 7 nitrogen and oxygen atoms in total. The molecule has 1 N–H and O–H groups in total. The summed E-state index contributed by atoms with van der Waals surface area (Å²) >= 11 is 0. The van der Waals surface area contributed by atoms with Crippen molar-refractivity contribution < 1.29 is 14.3 Å². The highest BCUT2D eigenvalue weighted by atomic mass is 16.5. The molecule has 0 aromatic carbocycles. The van der Waals surface area contributed by atoms with E-state index in [0.717, 1.165) is 19.3 Å². The molecule has 3 rings (SSSR count). The first kappa shape index (κ1) is 16.0. The Labute approximate surface area is 135 Å². The summed E-state index contributed by atoms with van der Waals surface area (Å²) in [4.78, 5) is 12.5. The van der Waals surface area contributed by atoms with Gasteiger partial charge in [-0.15, -0.1) is 0 Å². The van der Waals surface area contributed by atoms with Gasteiger partial charge in [-0.1, -0.05) is 0 Å². The average Bonchev–Trinajstić information content (AvgIpc) is 2.95. The van der Waals surface area contributed by atoms with Crippen molar-refractivity contribution in [3.63, 3.8) is 0 Å². The molecule has 1 aromatic heterocycles. The van der Waals surface area contributed by atoms with E-state index in [2.05, 4.69) is 10.4 Å². The summed E-state index contributed by atoms with van der Waals surface area (Å²) in [6, 6.07) is 2.09. The molecule has 2 fully saturated rings. The van der Waals surface area contributed by atoms with Gasteiger partial charge in [0.15, 0.2) is 5.69 Å². The van der Waals surface area contributed by atoms with E-state index in [0.29, 0.717) is 25.4 Å². The molecule has 7 heteroatoms. The Balaban J connectivity index is 1.74. The van der Waals surface area contributed by atoms with Gasteiger partial charge in [0, 0.05) is 38.3 Å². The van der Waals surface area contributed by atoms with Gasteiger partial charge in [0.25, 0.3) is 5.91 Å². The second-order valence-corrected chi connectivity index (χ2v) is 6.19. The molecule has 1 aliphatic carbocycles. The summed E-state index contributed by atoms with van der Waals surface area (Å²) in [6.45, 7) is 4.07.